The third-order valence-corrected chi connectivity index (χ3v) is 3.75. The fourth-order valence-electron chi connectivity index (χ4n) is 2.55. The third kappa shape index (κ3) is 3.73. The molecule has 20 heavy (non-hydrogen) atoms. The second-order valence-corrected chi connectivity index (χ2v) is 5.32. The number of carbonyl (C=O) groups excluding carboxylic acids is 2. The number of carbonyl (C=O) groups is 2. The minimum Gasteiger partial charge on any atom is -0.466 e. The number of hydrogen-bond donors (Lipinski definition) is 1. The van der Waals surface area contributed by atoms with E-state index in [0.717, 1.165) is 5.56 Å². The van der Waals surface area contributed by atoms with Gasteiger partial charge in [-0.2, -0.15) is 0 Å². The van der Waals surface area contributed by atoms with E-state index in [0.29, 0.717) is 30.9 Å². The van der Waals surface area contributed by atoms with Crippen molar-refractivity contribution in [2.45, 2.75) is 38.1 Å². The molecule has 2 unspecified atom stereocenters. The minimum absolute atomic E-state index is 0.0203. The molecule has 1 aliphatic rings. The molecule has 1 saturated heterocycles. The first kappa shape index (κ1) is 14.9. The maximum atomic E-state index is 11.6. The molecule has 1 aromatic rings. The number of hydrogen-bond acceptors (Lipinski definition) is 3. The van der Waals surface area contributed by atoms with Crippen LogP contribution >= 0.6 is 11.6 Å². The summed E-state index contributed by atoms with van der Waals surface area (Å²) >= 11 is 5.88. The molecule has 0 radical (unpaired) electrons. The molecule has 0 aliphatic carbocycles. The Morgan fingerprint density at radius 2 is 2.10 bits per heavy atom. The Balaban J connectivity index is 2.01. The molecule has 4 nitrogen and oxygen atoms in total. The summed E-state index contributed by atoms with van der Waals surface area (Å²) in [4.78, 5) is 23.0. The highest BCUT2D eigenvalue weighted by molar-refractivity contribution is 6.30. The van der Waals surface area contributed by atoms with Gasteiger partial charge in [0.1, 0.15) is 0 Å². The van der Waals surface area contributed by atoms with E-state index in [4.69, 9.17) is 16.3 Å². The largest absolute Gasteiger partial charge is 0.466 e. The second kappa shape index (κ2) is 6.75. The normalized spacial score (nSPS) is 21.6. The summed E-state index contributed by atoms with van der Waals surface area (Å²) in [5.41, 5.74) is 1.07. The summed E-state index contributed by atoms with van der Waals surface area (Å²) in [6, 6.07) is 7.49. The lowest BCUT2D eigenvalue weighted by molar-refractivity contribution is -0.143. The van der Waals surface area contributed by atoms with Crippen LogP contribution in [0.15, 0.2) is 24.3 Å². The van der Waals surface area contributed by atoms with E-state index < -0.39 is 0 Å². The number of esters is 1. The Hall–Kier alpha value is -1.55. The summed E-state index contributed by atoms with van der Waals surface area (Å²) < 4.78 is 4.92. The van der Waals surface area contributed by atoms with Crippen LogP contribution in [-0.2, 0) is 14.3 Å². The van der Waals surface area contributed by atoms with Crippen LogP contribution in [0.5, 0.6) is 0 Å². The molecule has 2 atom stereocenters. The highest BCUT2D eigenvalue weighted by Crippen LogP contribution is 2.31. The first-order chi connectivity index (χ1) is 9.60. The van der Waals surface area contributed by atoms with Crippen LogP contribution in [0.3, 0.4) is 0 Å². The average Bonchev–Trinajstić information content (AvgIpc) is 2.79. The van der Waals surface area contributed by atoms with Crippen LogP contribution in [0.25, 0.3) is 0 Å². The number of nitrogens with one attached hydrogen (secondary N) is 1. The number of ether oxygens (including phenoxy) is 1. The Bertz CT molecular complexity index is 486. The van der Waals surface area contributed by atoms with Crippen LogP contribution in [0.2, 0.25) is 5.02 Å². The van der Waals surface area contributed by atoms with Crippen LogP contribution < -0.4 is 5.32 Å². The number of halogens is 1. The fourth-order valence-corrected chi connectivity index (χ4v) is 2.67. The molecule has 1 amide bonds. The van der Waals surface area contributed by atoms with Crippen molar-refractivity contribution < 1.29 is 14.3 Å². The van der Waals surface area contributed by atoms with Crippen molar-refractivity contribution in [2.24, 2.45) is 0 Å². The van der Waals surface area contributed by atoms with Crippen LogP contribution in [0, 0.1) is 0 Å². The molecule has 0 aromatic heterocycles. The zero-order chi connectivity index (χ0) is 14.5. The van der Waals surface area contributed by atoms with E-state index in [2.05, 4.69) is 5.32 Å². The topological polar surface area (TPSA) is 55.4 Å². The van der Waals surface area contributed by atoms with Gasteiger partial charge in [-0.25, -0.2) is 0 Å². The van der Waals surface area contributed by atoms with Crippen molar-refractivity contribution in [1.82, 2.24) is 5.32 Å². The molecule has 1 heterocycles. The van der Waals surface area contributed by atoms with Gasteiger partial charge in [0.15, 0.2) is 0 Å². The molecule has 0 spiro atoms. The van der Waals surface area contributed by atoms with E-state index in [1.54, 1.807) is 6.92 Å². The fraction of sp³-hybridized carbons (Fsp3) is 0.467. The number of rotatable bonds is 5. The first-order valence-electron chi connectivity index (χ1n) is 6.80. The maximum Gasteiger partial charge on any atom is 0.305 e. The predicted molar refractivity (Wildman–Crippen MR) is 76.6 cm³/mol. The van der Waals surface area contributed by atoms with Crippen molar-refractivity contribution in [3.8, 4) is 0 Å². The summed E-state index contributed by atoms with van der Waals surface area (Å²) in [6.07, 6.45) is 1.37. The van der Waals surface area contributed by atoms with E-state index in [-0.39, 0.29) is 23.8 Å². The van der Waals surface area contributed by atoms with Crippen molar-refractivity contribution in [1.29, 1.82) is 0 Å². The molecule has 1 fully saturated rings. The van der Waals surface area contributed by atoms with Crippen molar-refractivity contribution in [3.05, 3.63) is 34.9 Å². The van der Waals surface area contributed by atoms with Crippen molar-refractivity contribution in [3.63, 3.8) is 0 Å². The third-order valence-electron chi connectivity index (χ3n) is 3.50. The van der Waals surface area contributed by atoms with Gasteiger partial charge >= 0.3 is 5.97 Å². The van der Waals surface area contributed by atoms with Gasteiger partial charge in [-0.1, -0.05) is 23.7 Å². The summed E-state index contributed by atoms with van der Waals surface area (Å²) in [5, 5.41) is 3.61. The summed E-state index contributed by atoms with van der Waals surface area (Å²) in [7, 11) is 0. The molecule has 1 N–H and O–H groups in total. The molecule has 5 heteroatoms. The van der Waals surface area contributed by atoms with E-state index in [1.807, 2.05) is 24.3 Å². The molecule has 1 aromatic carbocycles. The standard InChI is InChI=1S/C15H18ClNO3/c1-2-20-15(19)8-7-13-12(9-14(18)17-13)10-3-5-11(16)6-4-10/h3-6,12-13H,2,7-9H2,1H3,(H,17,18). The van der Waals surface area contributed by atoms with Crippen molar-refractivity contribution in [2.75, 3.05) is 6.61 Å². The van der Waals surface area contributed by atoms with Crippen molar-refractivity contribution >= 4 is 23.5 Å². The monoisotopic (exact) mass is 295 g/mol. The minimum atomic E-state index is -0.219. The highest BCUT2D eigenvalue weighted by atomic mass is 35.5. The maximum absolute atomic E-state index is 11.6. The molecule has 1 aliphatic heterocycles. The van der Waals surface area contributed by atoms with E-state index in [1.165, 1.54) is 0 Å². The summed E-state index contributed by atoms with van der Waals surface area (Å²) in [5.74, 6) is -0.100. The van der Waals surface area contributed by atoms with Gasteiger partial charge in [-0.05, 0) is 31.0 Å². The van der Waals surface area contributed by atoms with Gasteiger partial charge < -0.3 is 10.1 Å². The number of amides is 1. The smallest absolute Gasteiger partial charge is 0.305 e. The molecular weight excluding hydrogens is 278 g/mol. The average molecular weight is 296 g/mol. The Morgan fingerprint density at radius 3 is 2.75 bits per heavy atom. The second-order valence-electron chi connectivity index (χ2n) is 4.88. The van der Waals surface area contributed by atoms with Gasteiger partial charge in [0.25, 0.3) is 0 Å². The van der Waals surface area contributed by atoms with E-state index >= 15 is 0 Å². The van der Waals surface area contributed by atoms with Crippen LogP contribution in [-0.4, -0.2) is 24.5 Å². The predicted octanol–water partition coefficient (Wildman–Crippen LogP) is 2.66. The quantitative estimate of drug-likeness (QED) is 0.850. The van der Waals surface area contributed by atoms with Crippen LogP contribution in [0.1, 0.15) is 37.7 Å². The lowest BCUT2D eigenvalue weighted by Gasteiger charge is -2.18. The van der Waals surface area contributed by atoms with Gasteiger partial charge in [0.2, 0.25) is 5.91 Å². The summed E-state index contributed by atoms with van der Waals surface area (Å²) in [6.45, 7) is 2.17. The molecule has 0 saturated carbocycles. The van der Waals surface area contributed by atoms with Gasteiger partial charge in [-0.15, -0.1) is 0 Å². The SMILES string of the molecule is CCOC(=O)CCC1NC(=O)CC1c1ccc(Cl)cc1. The van der Waals surface area contributed by atoms with Gasteiger partial charge in [0, 0.05) is 29.8 Å². The van der Waals surface area contributed by atoms with Gasteiger partial charge in [-0.3, -0.25) is 9.59 Å². The highest BCUT2D eigenvalue weighted by Gasteiger charge is 2.33. The zero-order valence-corrected chi connectivity index (χ0v) is 12.2. The molecule has 0 bridgehead atoms. The van der Waals surface area contributed by atoms with Crippen LogP contribution in [0.4, 0.5) is 0 Å². The number of benzene rings is 1. The zero-order valence-electron chi connectivity index (χ0n) is 11.4. The Labute approximate surface area is 123 Å². The Morgan fingerprint density at radius 1 is 1.40 bits per heavy atom. The Kier molecular flexibility index (Phi) is 5.01. The molecule has 2 rings (SSSR count). The molecule has 108 valence electrons. The molecular formula is C15H18ClNO3. The lowest BCUT2D eigenvalue weighted by atomic mass is 9.89. The lowest BCUT2D eigenvalue weighted by Crippen LogP contribution is -2.29. The first-order valence-corrected chi connectivity index (χ1v) is 7.18. The van der Waals surface area contributed by atoms with E-state index in [9.17, 15) is 9.59 Å². The van der Waals surface area contributed by atoms with Gasteiger partial charge in [0.05, 0.1) is 6.61 Å².